The lowest BCUT2D eigenvalue weighted by Gasteiger charge is -2.17. The lowest BCUT2D eigenvalue weighted by atomic mass is 10.2. The van der Waals surface area contributed by atoms with E-state index in [9.17, 15) is 10.1 Å². The van der Waals surface area contributed by atoms with Gasteiger partial charge in [0.05, 0.1) is 10.6 Å². The standard InChI is InChI=1S/C22H15ClN6O2S2/c23-15-8-12-17(13-9-15)28-20(27-21(32)24-16-4-2-1-3-5-16)25-19(26-22(28)33)14-6-10-18(11-7-14)29(30)31/h1-13H,(H2,24,25,26,27,32,33). The molecular weight excluding hydrogens is 480 g/mol. The molecule has 0 saturated carbocycles. The van der Waals surface area contributed by atoms with Gasteiger partial charge in [0.25, 0.3) is 5.69 Å². The predicted octanol–water partition coefficient (Wildman–Crippen LogP) is 6.03. The number of para-hydroxylation sites is 1. The van der Waals surface area contributed by atoms with E-state index in [-0.39, 0.29) is 10.5 Å². The molecule has 1 heterocycles. The van der Waals surface area contributed by atoms with Crippen LogP contribution in [-0.4, -0.2) is 24.6 Å². The maximum atomic E-state index is 11.0. The highest BCUT2D eigenvalue weighted by atomic mass is 35.5. The smallest absolute Gasteiger partial charge is 0.269 e. The zero-order valence-electron chi connectivity index (χ0n) is 16.8. The Morgan fingerprint density at radius 2 is 1.61 bits per heavy atom. The minimum atomic E-state index is -0.469. The summed E-state index contributed by atoms with van der Waals surface area (Å²) in [6.45, 7) is 0. The zero-order valence-corrected chi connectivity index (χ0v) is 19.2. The van der Waals surface area contributed by atoms with Crippen molar-refractivity contribution >= 4 is 58.5 Å². The van der Waals surface area contributed by atoms with Gasteiger partial charge in [-0.2, -0.15) is 9.97 Å². The number of halogens is 1. The van der Waals surface area contributed by atoms with Crippen molar-refractivity contribution in [2.75, 3.05) is 10.6 Å². The molecular formula is C22H15ClN6O2S2. The number of nitrogens with one attached hydrogen (secondary N) is 2. The number of nitro groups is 1. The van der Waals surface area contributed by atoms with Gasteiger partial charge >= 0.3 is 0 Å². The first-order valence-electron chi connectivity index (χ1n) is 9.55. The minimum Gasteiger partial charge on any atom is -0.332 e. The maximum absolute atomic E-state index is 11.0. The molecule has 33 heavy (non-hydrogen) atoms. The summed E-state index contributed by atoms with van der Waals surface area (Å²) in [7, 11) is 0. The van der Waals surface area contributed by atoms with Crippen LogP contribution >= 0.6 is 36.0 Å². The van der Waals surface area contributed by atoms with Crippen molar-refractivity contribution in [2.24, 2.45) is 0 Å². The summed E-state index contributed by atoms with van der Waals surface area (Å²) in [5.41, 5.74) is 2.02. The Labute approximate surface area is 204 Å². The summed E-state index contributed by atoms with van der Waals surface area (Å²) < 4.78 is 1.84. The fourth-order valence-electron chi connectivity index (χ4n) is 2.96. The van der Waals surface area contributed by atoms with E-state index in [0.29, 0.717) is 33.2 Å². The molecule has 0 amide bonds. The molecule has 0 unspecified atom stereocenters. The van der Waals surface area contributed by atoms with Gasteiger partial charge in [0.15, 0.2) is 10.9 Å². The van der Waals surface area contributed by atoms with Crippen molar-refractivity contribution in [1.29, 1.82) is 0 Å². The number of benzene rings is 3. The average molecular weight is 495 g/mol. The van der Waals surface area contributed by atoms with E-state index in [4.69, 9.17) is 36.0 Å². The van der Waals surface area contributed by atoms with Crippen LogP contribution in [0.15, 0.2) is 78.9 Å². The van der Waals surface area contributed by atoms with Gasteiger partial charge < -0.3 is 10.6 Å². The summed E-state index contributed by atoms with van der Waals surface area (Å²) >= 11 is 17.1. The van der Waals surface area contributed by atoms with Crippen LogP contribution in [0.4, 0.5) is 17.3 Å². The maximum Gasteiger partial charge on any atom is 0.269 e. The van der Waals surface area contributed by atoms with Crippen LogP contribution in [0.1, 0.15) is 0 Å². The second-order valence-corrected chi connectivity index (χ2v) is 7.92. The third kappa shape index (κ3) is 5.37. The van der Waals surface area contributed by atoms with Gasteiger partial charge in [-0.1, -0.05) is 29.8 Å². The summed E-state index contributed by atoms with van der Waals surface area (Å²) in [5.74, 6) is 0.615. The van der Waals surface area contributed by atoms with Gasteiger partial charge in [0.1, 0.15) is 0 Å². The van der Waals surface area contributed by atoms with Crippen LogP contribution < -0.4 is 10.6 Å². The fourth-order valence-corrected chi connectivity index (χ4v) is 3.57. The van der Waals surface area contributed by atoms with E-state index in [1.807, 2.05) is 30.3 Å². The molecule has 0 atom stereocenters. The first-order chi connectivity index (χ1) is 15.9. The second-order valence-electron chi connectivity index (χ2n) is 6.71. The number of hydrogen-bond acceptors (Lipinski definition) is 6. The predicted molar refractivity (Wildman–Crippen MR) is 136 cm³/mol. The summed E-state index contributed by atoms with van der Waals surface area (Å²) in [6.07, 6.45) is 0. The van der Waals surface area contributed by atoms with Gasteiger partial charge in [-0.25, -0.2) is 0 Å². The third-order valence-corrected chi connectivity index (χ3v) is 5.22. The van der Waals surface area contributed by atoms with Gasteiger partial charge in [-0.3, -0.25) is 14.7 Å². The molecule has 0 spiro atoms. The van der Waals surface area contributed by atoms with Crippen molar-refractivity contribution in [1.82, 2.24) is 14.5 Å². The molecule has 3 aromatic carbocycles. The quantitative estimate of drug-likeness (QED) is 0.197. The molecule has 4 aromatic rings. The Morgan fingerprint density at radius 3 is 2.24 bits per heavy atom. The van der Waals surface area contributed by atoms with Crippen LogP contribution in [0.2, 0.25) is 5.02 Å². The van der Waals surface area contributed by atoms with Gasteiger partial charge in [0, 0.05) is 28.4 Å². The van der Waals surface area contributed by atoms with Crippen molar-refractivity contribution < 1.29 is 4.92 Å². The highest BCUT2D eigenvalue weighted by Crippen LogP contribution is 2.24. The lowest BCUT2D eigenvalue weighted by Crippen LogP contribution is -2.23. The lowest BCUT2D eigenvalue weighted by molar-refractivity contribution is -0.384. The van der Waals surface area contributed by atoms with Crippen LogP contribution in [0.25, 0.3) is 17.1 Å². The topological polar surface area (TPSA) is 97.9 Å². The molecule has 4 rings (SSSR count). The fraction of sp³-hybridized carbons (Fsp3) is 0. The Morgan fingerprint density at radius 1 is 0.939 bits per heavy atom. The van der Waals surface area contributed by atoms with E-state index in [1.54, 1.807) is 41.0 Å². The summed E-state index contributed by atoms with van der Waals surface area (Å²) in [5, 5.41) is 18.0. The molecule has 0 fully saturated rings. The third-order valence-electron chi connectivity index (χ3n) is 4.49. The molecule has 0 bridgehead atoms. The van der Waals surface area contributed by atoms with Crippen LogP contribution in [0.3, 0.4) is 0 Å². The van der Waals surface area contributed by atoms with E-state index < -0.39 is 4.92 Å². The highest BCUT2D eigenvalue weighted by molar-refractivity contribution is 7.80. The van der Waals surface area contributed by atoms with Crippen molar-refractivity contribution in [3.63, 3.8) is 0 Å². The van der Waals surface area contributed by atoms with E-state index in [2.05, 4.69) is 20.6 Å². The number of nitrogens with zero attached hydrogens (tertiary/aromatic N) is 4. The summed E-state index contributed by atoms with van der Waals surface area (Å²) in [4.78, 5) is 19.5. The molecule has 0 aliphatic carbocycles. The molecule has 1 aromatic heterocycles. The Hall–Kier alpha value is -3.73. The Kier molecular flexibility index (Phi) is 6.68. The highest BCUT2D eigenvalue weighted by Gasteiger charge is 2.14. The van der Waals surface area contributed by atoms with Gasteiger partial charge in [-0.15, -0.1) is 0 Å². The molecule has 8 nitrogen and oxygen atoms in total. The van der Waals surface area contributed by atoms with E-state index in [0.717, 1.165) is 5.69 Å². The van der Waals surface area contributed by atoms with Gasteiger partial charge in [0.2, 0.25) is 10.7 Å². The first kappa shape index (κ1) is 22.5. The molecule has 0 radical (unpaired) electrons. The molecule has 164 valence electrons. The number of non-ortho nitro benzene ring substituents is 1. The normalized spacial score (nSPS) is 10.5. The molecule has 11 heteroatoms. The SMILES string of the molecule is O=[N+]([O-])c1ccc(-c2nc(NC(=S)Nc3ccccc3)n(-c3ccc(Cl)cc3)c(=S)n2)cc1. The van der Waals surface area contributed by atoms with Crippen molar-refractivity contribution in [3.8, 4) is 17.1 Å². The number of hydrogen-bond donors (Lipinski definition) is 2. The number of thiocarbonyl (C=S) groups is 1. The van der Waals surface area contributed by atoms with Gasteiger partial charge in [-0.05, 0) is 73.0 Å². The Bertz CT molecular complexity index is 1380. The van der Waals surface area contributed by atoms with Crippen molar-refractivity contribution in [2.45, 2.75) is 0 Å². The van der Waals surface area contributed by atoms with E-state index >= 15 is 0 Å². The van der Waals surface area contributed by atoms with E-state index in [1.165, 1.54) is 12.1 Å². The molecule has 0 aliphatic heterocycles. The number of nitro benzene ring substituents is 1. The monoisotopic (exact) mass is 494 g/mol. The number of aromatic nitrogens is 3. The largest absolute Gasteiger partial charge is 0.332 e. The second kappa shape index (κ2) is 9.82. The van der Waals surface area contributed by atoms with Crippen molar-refractivity contribution in [3.05, 3.63) is 98.8 Å². The molecule has 0 saturated heterocycles. The average Bonchev–Trinajstić information content (AvgIpc) is 2.80. The molecule has 0 aliphatic rings. The molecule has 2 N–H and O–H groups in total. The summed E-state index contributed by atoms with van der Waals surface area (Å²) in [6, 6.07) is 22.4. The Balaban J connectivity index is 1.76. The van der Waals surface area contributed by atoms with Crippen LogP contribution in [0, 0.1) is 14.9 Å². The zero-order chi connectivity index (χ0) is 23.4. The minimum absolute atomic E-state index is 0.0314. The van der Waals surface area contributed by atoms with Crippen LogP contribution in [-0.2, 0) is 0 Å². The number of anilines is 2. The van der Waals surface area contributed by atoms with Crippen LogP contribution in [0.5, 0.6) is 0 Å². The number of rotatable bonds is 5. The first-order valence-corrected chi connectivity index (χ1v) is 10.7.